The molecule has 3 heteroatoms. The molecule has 0 spiro atoms. The minimum absolute atomic E-state index is 0.541. The Bertz CT molecular complexity index is 460. The first kappa shape index (κ1) is 14.9. The van der Waals surface area contributed by atoms with Gasteiger partial charge in [0.05, 0.1) is 6.61 Å². The molecule has 1 saturated heterocycles. The van der Waals surface area contributed by atoms with Crippen molar-refractivity contribution in [3.8, 4) is 5.75 Å². The highest BCUT2D eigenvalue weighted by Crippen LogP contribution is 2.34. The van der Waals surface area contributed by atoms with Gasteiger partial charge in [-0.1, -0.05) is 32.0 Å². The van der Waals surface area contributed by atoms with Crippen LogP contribution in [0.15, 0.2) is 24.3 Å². The SMILES string of the molecule is CC(C)CC1CN(CC2COc3ccccc32)CCCN1. The highest BCUT2D eigenvalue weighted by molar-refractivity contribution is 5.39. The predicted octanol–water partition coefficient (Wildman–Crippen LogP) is 2.87. The van der Waals surface area contributed by atoms with Crippen LogP contribution in [0.5, 0.6) is 5.75 Å². The Morgan fingerprint density at radius 1 is 1.33 bits per heavy atom. The predicted molar refractivity (Wildman–Crippen MR) is 87.0 cm³/mol. The Balaban J connectivity index is 1.61. The third-order valence-electron chi connectivity index (χ3n) is 4.60. The number of hydrogen-bond acceptors (Lipinski definition) is 3. The molecule has 0 bridgehead atoms. The minimum Gasteiger partial charge on any atom is -0.493 e. The van der Waals surface area contributed by atoms with Crippen molar-refractivity contribution in [2.45, 2.75) is 38.6 Å². The normalized spacial score (nSPS) is 26.4. The summed E-state index contributed by atoms with van der Waals surface area (Å²) in [7, 11) is 0. The Kier molecular flexibility index (Phi) is 4.81. The first-order valence-electron chi connectivity index (χ1n) is 8.40. The van der Waals surface area contributed by atoms with Crippen LogP contribution in [0.25, 0.3) is 0 Å². The second kappa shape index (κ2) is 6.80. The van der Waals surface area contributed by atoms with Crippen molar-refractivity contribution in [3.05, 3.63) is 29.8 Å². The molecule has 0 amide bonds. The lowest BCUT2D eigenvalue weighted by Crippen LogP contribution is -2.40. The average molecular weight is 288 g/mol. The van der Waals surface area contributed by atoms with Gasteiger partial charge in [-0.2, -0.15) is 0 Å². The monoisotopic (exact) mass is 288 g/mol. The summed E-state index contributed by atoms with van der Waals surface area (Å²) < 4.78 is 5.83. The molecule has 2 atom stereocenters. The Morgan fingerprint density at radius 2 is 2.19 bits per heavy atom. The fraction of sp³-hybridized carbons (Fsp3) is 0.667. The highest BCUT2D eigenvalue weighted by Gasteiger charge is 2.27. The lowest BCUT2D eigenvalue weighted by molar-refractivity contribution is 0.222. The van der Waals surface area contributed by atoms with Gasteiger partial charge >= 0.3 is 0 Å². The summed E-state index contributed by atoms with van der Waals surface area (Å²) in [6.07, 6.45) is 2.53. The number of nitrogens with one attached hydrogen (secondary N) is 1. The van der Waals surface area contributed by atoms with Crippen LogP contribution in [0.3, 0.4) is 0 Å². The molecule has 2 aliphatic rings. The highest BCUT2D eigenvalue weighted by atomic mass is 16.5. The van der Waals surface area contributed by atoms with E-state index in [2.05, 4.69) is 48.3 Å². The number of fused-ring (bicyclic) bond motifs is 1. The fourth-order valence-corrected chi connectivity index (χ4v) is 3.66. The lowest BCUT2D eigenvalue weighted by Gasteiger charge is -2.27. The molecule has 0 aliphatic carbocycles. The van der Waals surface area contributed by atoms with Gasteiger partial charge in [0.1, 0.15) is 5.75 Å². The lowest BCUT2D eigenvalue weighted by atomic mass is 9.99. The molecule has 1 N–H and O–H groups in total. The van der Waals surface area contributed by atoms with Crippen molar-refractivity contribution in [3.63, 3.8) is 0 Å². The van der Waals surface area contributed by atoms with E-state index in [1.54, 1.807) is 0 Å². The maximum atomic E-state index is 5.83. The van der Waals surface area contributed by atoms with E-state index in [0.717, 1.165) is 31.4 Å². The molecule has 3 rings (SSSR count). The first-order chi connectivity index (χ1) is 10.2. The Hall–Kier alpha value is -1.06. The van der Waals surface area contributed by atoms with Gasteiger partial charge in [-0.15, -0.1) is 0 Å². The third-order valence-corrected chi connectivity index (χ3v) is 4.60. The molecule has 0 saturated carbocycles. The maximum absolute atomic E-state index is 5.83. The van der Waals surface area contributed by atoms with E-state index in [1.807, 2.05) is 0 Å². The topological polar surface area (TPSA) is 24.5 Å². The van der Waals surface area contributed by atoms with E-state index < -0.39 is 0 Å². The molecule has 0 aromatic heterocycles. The summed E-state index contributed by atoms with van der Waals surface area (Å²) in [5, 5.41) is 3.71. The molecule has 1 aromatic rings. The van der Waals surface area contributed by atoms with E-state index in [1.165, 1.54) is 31.5 Å². The van der Waals surface area contributed by atoms with Crippen LogP contribution in [0.2, 0.25) is 0 Å². The molecular formula is C18H28N2O. The van der Waals surface area contributed by atoms with Gasteiger partial charge in [-0.25, -0.2) is 0 Å². The van der Waals surface area contributed by atoms with Gasteiger partial charge in [0.25, 0.3) is 0 Å². The Labute approximate surface area is 128 Å². The van der Waals surface area contributed by atoms with Crippen molar-refractivity contribution in [1.82, 2.24) is 10.2 Å². The maximum Gasteiger partial charge on any atom is 0.122 e. The number of nitrogens with zero attached hydrogens (tertiary/aromatic N) is 1. The van der Waals surface area contributed by atoms with Gasteiger partial charge in [0.2, 0.25) is 0 Å². The Morgan fingerprint density at radius 3 is 3.05 bits per heavy atom. The molecule has 3 nitrogen and oxygen atoms in total. The van der Waals surface area contributed by atoms with Crippen LogP contribution in [-0.4, -0.2) is 43.7 Å². The van der Waals surface area contributed by atoms with Gasteiger partial charge < -0.3 is 15.0 Å². The van der Waals surface area contributed by atoms with Crippen molar-refractivity contribution in [2.75, 3.05) is 32.8 Å². The van der Waals surface area contributed by atoms with E-state index in [4.69, 9.17) is 4.74 Å². The number of ether oxygens (including phenoxy) is 1. The summed E-state index contributed by atoms with van der Waals surface area (Å²) in [6.45, 7) is 10.2. The molecule has 2 heterocycles. The van der Waals surface area contributed by atoms with Gasteiger partial charge in [0, 0.05) is 30.6 Å². The smallest absolute Gasteiger partial charge is 0.122 e. The van der Waals surface area contributed by atoms with Gasteiger partial charge in [-0.05, 0) is 37.9 Å². The number of rotatable bonds is 4. The van der Waals surface area contributed by atoms with Crippen LogP contribution >= 0.6 is 0 Å². The van der Waals surface area contributed by atoms with Crippen LogP contribution in [0.4, 0.5) is 0 Å². The third kappa shape index (κ3) is 3.78. The second-order valence-electron chi connectivity index (χ2n) is 6.94. The van der Waals surface area contributed by atoms with Crippen molar-refractivity contribution < 1.29 is 4.74 Å². The summed E-state index contributed by atoms with van der Waals surface area (Å²) in [5.74, 6) is 2.39. The van der Waals surface area contributed by atoms with Crippen molar-refractivity contribution in [2.24, 2.45) is 5.92 Å². The zero-order chi connectivity index (χ0) is 14.7. The largest absolute Gasteiger partial charge is 0.493 e. The van der Waals surface area contributed by atoms with Crippen molar-refractivity contribution in [1.29, 1.82) is 0 Å². The van der Waals surface area contributed by atoms with Crippen LogP contribution in [0, 0.1) is 5.92 Å². The zero-order valence-corrected chi connectivity index (χ0v) is 13.3. The molecular weight excluding hydrogens is 260 g/mol. The van der Waals surface area contributed by atoms with E-state index >= 15 is 0 Å². The van der Waals surface area contributed by atoms with E-state index in [9.17, 15) is 0 Å². The van der Waals surface area contributed by atoms with Crippen LogP contribution in [0.1, 0.15) is 38.2 Å². The molecule has 21 heavy (non-hydrogen) atoms. The molecule has 1 fully saturated rings. The first-order valence-corrected chi connectivity index (χ1v) is 8.40. The van der Waals surface area contributed by atoms with Crippen LogP contribution < -0.4 is 10.1 Å². The van der Waals surface area contributed by atoms with Gasteiger partial charge in [-0.3, -0.25) is 0 Å². The minimum atomic E-state index is 0.541. The number of benzene rings is 1. The number of para-hydroxylation sites is 1. The standard InChI is InChI=1S/C18H28N2O/c1-14(2)10-16-12-20(9-5-8-19-16)11-15-13-21-18-7-4-3-6-17(15)18/h3-4,6-7,14-16,19H,5,8-13H2,1-2H3. The summed E-state index contributed by atoms with van der Waals surface area (Å²) in [6, 6.07) is 9.17. The quantitative estimate of drug-likeness (QED) is 0.922. The summed E-state index contributed by atoms with van der Waals surface area (Å²) in [5.41, 5.74) is 1.40. The van der Waals surface area contributed by atoms with E-state index in [-0.39, 0.29) is 0 Å². The van der Waals surface area contributed by atoms with Crippen LogP contribution in [-0.2, 0) is 0 Å². The second-order valence-corrected chi connectivity index (χ2v) is 6.94. The van der Waals surface area contributed by atoms with E-state index in [0.29, 0.717) is 12.0 Å². The average Bonchev–Trinajstić information content (AvgIpc) is 2.72. The molecule has 2 unspecified atom stereocenters. The molecule has 116 valence electrons. The summed E-state index contributed by atoms with van der Waals surface area (Å²) >= 11 is 0. The number of hydrogen-bond donors (Lipinski definition) is 1. The zero-order valence-electron chi connectivity index (χ0n) is 13.3. The fourth-order valence-electron chi connectivity index (χ4n) is 3.66. The van der Waals surface area contributed by atoms with Crippen molar-refractivity contribution >= 4 is 0 Å². The summed E-state index contributed by atoms with van der Waals surface area (Å²) in [4.78, 5) is 2.64. The molecule has 1 aromatic carbocycles. The van der Waals surface area contributed by atoms with Gasteiger partial charge in [0.15, 0.2) is 0 Å². The molecule has 0 radical (unpaired) electrons. The molecule has 2 aliphatic heterocycles.